The fourth-order valence-electron chi connectivity index (χ4n) is 2.81. The zero-order valence-electron chi connectivity index (χ0n) is 18.5. The molecule has 5 nitrogen and oxygen atoms in total. The van der Waals surface area contributed by atoms with Gasteiger partial charge in [-0.3, -0.25) is 14.6 Å². The molecule has 166 valence electrons. The fourth-order valence-corrected chi connectivity index (χ4v) is 3.28. The van der Waals surface area contributed by atoms with E-state index >= 15 is 0 Å². The lowest BCUT2D eigenvalue weighted by molar-refractivity contribution is -0.128. The first-order chi connectivity index (χ1) is 14.5. The molecule has 1 aromatic carbocycles. The molecule has 2 atom stereocenters. The van der Waals surface area contributed by atoms with E-state index in [1.54, 1.807) is 43.5 Å². The summed E-state index contributed by atoms with van der Waals surface area (Å²) in [5, 5.41) is 7.00. The number of hydrogen-bond acceptors (Lipinski definition) is 3. The quantitative estimate of drug-likeness (QED) is 0.568. The summed E-state index contributed by atoms with van der Waals surface area (Å²) in [7, 11) is 0. The number of carbonyl (C=O) groups excluding carboxylic acids is 2. The first kappa shape index (κ1) is 24.9. The van der Waals surface area contributed by atoms with Crippen molar-refractivity contribution < 1.29 is 9.59 Å². The van der Waals surface area contributed by atoms with Gasteiger partial charge in [0.1, 0.15) is 11.2 Å². The summed E-state index contributed by atoms with van der Waals surface area (Å²) in [5.74, 6) is -0.665. The van der Waals surface area contributed by atoms with Crippen LogP contribution in [0.3, 0.4) is 0 Å². The fraction of sp³-hybridized carbons (Fsp3) is 0.375. The Balaban J connectivity index is 2.21. The number of amides is 2. The maximum absolute atomic E-state index is 13.2. The van der Waals surface area contributed by atoms with Crippen molar-refractivity contribution in [3.63, 3.8) is 0 Å². The van der Waals surface area contributed by atoms with E-state index in [0.29, 0.717) is 16.5 Å². The molecule has 2 rings (SSSR count). The Morgan fingerprint density at radius 2 is 1.84 bits per heavy atom. The monoisotopic (exact) mass is 461 g/mol. The molecule has 0 radical (unpaired) electrons. The molecule has 0 aliphatic carbocycles. The van der Waals surface area contributed by atoms with Gasteiger partial charge in [0.15, 0.2) is 0 Å². The molecule has 2 aromatic rings. The largest absolute Gasteiger partial charge is 0.347 e. The van der Waals surface area contributed by atoms with Crippen molar-refractivity contribution in [3.05, 3.63) is 70.0 Å². The van der Waals surface area contributed by atoms with Crippen LogP contribution in [-0.4, -0.2) is 28.4 Å². The molecule has 1 aromatic heterocycles. The van der Waals surface area contributed by atoms with E-state index < -0.39 is 11.4 Å². The van der Waals surface area contributed by atoms with Crippen LogP contribution in [0.5, 0.6) is 0 Å². The number of aromatic nitrogens is 1. The zero-order chi connectivity index (χ0) is 23.2. The summed E-state index contributed by atoms with van der Waals surface area (Å²) >= 11 is 12.2. The second kappa shape index (κ2) is 10.3. The predicted octanol–water partition coefficient (Wildman–Crippen LogP) is 5.53. The zero-order valence-corrected chi connectivity index (χ0v) is 20.0. The average Bonchev–Trinajstić information content (AvgIpc) is 2.71. The summed E-state index contributed by atoms with van der Waals surface area (Å²) < 4.78 is 0. The maximum Gasteiger partial charge on any atom is 0.270 e. The Labute approximate surface area is 194 Å². The van der Waals surface area contributed by atoms with E-state index in [-0.39, 0.29) is 23.1 Å². The molecule has 1 heterocycles. The van der Waals surface area contributed by atoms with Crippen molar-refractivity contribution in [3.8, 4) is 0 Å². The molecule has 7 heteroatoms. The van der Waals surface area contributed by atoms with E-state index in [1.165, 1.54) is 0 Å². The molecule has 0 spiro atoms. The van der Waals surface area contributed by atoms with Crippen LogP contribution < -0.4 is 10.6 Å². The van der Waals surface area contributed by atoms with Crippen LogP contribution in [0.25, 0.3) is 6.08 Å². The van der Waals surface area contributed by atoms with E-state index in [4.69, 9.17) is 23.2 Å². The molecule has 0 saturated heterocycles. The maximum atomic E-state index is 13.2. The Bertz CT molecular complexity index is 955. The first-order valence-electron chi connectivity index (χ1n) is 10.1. The predicted molar refractivity (Wildman–Crippen MR) is 127 cm³/mol. The summed E-state index contributed by atoms with van der Waals surface area (Å²) in [4.78, 5) is 29.9. The Morgan fingerprint density at radius 1 is 1.13 bits per heavy atom. The SMILES string of the molecule is CCC(C)(NC(=O)c1ccccn1)C(=O)NC(C=Cc1ccc(Cl)cc1Cl)C(C)(C)C. The smallest absolute Gasteiger partial charge is 0.270 e. The van der Waals surface area contributed by atoms with Crippen molar-refractivity contribution in [2.24, 2.45) is 5.41 Å². The number of pyridine rings is 1. The van der Waals surface area contributed by atoms with E-state index in [0.717, 1.165) is 5.56 Å². The second-order valence-corrected chi connectivity index (χ2v) is 9.54. The standard InChI is InChI=1S/C24H29Cl2N3O2/c1-6-24(5,29-21(30)19-9-7-8-14-27-19)22(31)28-20(23(2,3)4)13-11-16-10-12-17(25)15-18(16)26/h7-15,20H,6H2,1-5H3,(H,28,31)(H,29,30). The van der Waals surface area contributed by atoms with Gasteiger partial charge in [-0.15, -0.1) is 0 Å². The number of nitrogens with one attached hydrogen (secondary N) is 2. The molecule has 0 bridgehead atoms. The third kappa shape index (κ3) is 6.81. The molecule has 2 unspecified atom stereocenters. The van der Waals surface area contributed by atoms with Gasteiger partial charge in [0.25, 0.3) is 5.91 Å². The molecular weight excluding hydrogens is 433 g/mol. The number of benzene rings is 1. The van der Waals surface area contributed by atoms with Gasteiger partial charge in [-0.2, -0.15) is 0 Å². The van der Waals surface area contributed by atoms with Gasteiger partial charge in [-0.05, 0) is 48.6 Å². The number of halogens is 2. The van der Waals surface area contributed by atoms with Crippen LogP contribution >= 0.6 is 23.2 Å². The van der Waals surface area contributed by atoms with Gasteiger partial charge in [0, 0.05) is 16.2 Å². The van der Waals surface area contributed by atoms with Crippen molar-refractivity contribution in [2.75, 3.05) is 0 Å². The van der Waals surface area contributed by atoms with Crippen molar-refractivity contribution >= 4 is 41.1 Å². The van der Waals surface area contributed by atoms with Crippen molar-refractivity contribution in [1.82, 2.24) is 15.6 Å². The number of hydrogen-bond donors (Lipinski definition) is 2. The van der Waals surface area contributed by atoms with Crippen molar-refractivity contribution in [2.45, 2.75) is 52.6 Å². The van der Waals surface area contributed by atoms with Crippen LogP contribution in [0.2, 0.25) is 10.0 Å². The minimum Gasteiger partial charge on any atom is -0.347 e. The summed E-state index contributed by atoms with van der Waals surface area (Å²) in [5.41, 5.74) is -0.301. The van der Waals surface area contributed by atoms with Gasteiger partial charge in [0.05, 0.1) is 6.04 Å². The van der Waals surface area contributed by atoms with Gasteiger partial charge in [0.2, 0.25) is 5.91 Å². The first-order valence-corrected chi connectivity index (χ1v) is 10.9. The van der Waals surface area contributed by atoms with Crippen LogP contribution in [0, 0.1) is 5.41 Å². The van der Waals surface area contributed by atoms with Gasteiger partial charge in [-0.25, -0.2) is 0 Å². The Kier molecular flexibility index (Phi) is 8.27. The van der Waals surface area contributed by atoms with Crippen LogP contribution in [0.1, 0.15) is 57.1 Å². The molecule has 0 fully saturated rings. The molecule has 0 aliphatic rings. The molecule has 2 N–H and O–H groups in total. The Morgan fingerprint density at radius 3 is 2.39 bits per heavy atom. The highest BCUT2D eigenvalue weighted by molar-refractivity contribution is 6.35. The van der Waals surface area contributed by atoms with Crippen molar-refractivity contribution in [1.29, 1.82) is 0 Å². The summed E-state index contributed by atoms with van der Waals surface area (Å²) in [6.45, 7) is 9.65. The minimum absolute atomic E-state index is 0.264. The van der Waals surface area contributed by atoms with Crippen LogP contribution in [0.15, 0.2) is 48.7 Å². The summed E-state index contributed by atoms with van der Waals surface area (Å²) in [6.07, 6.45) is 5.73. The third-order valence-electron chi connectivity index (χ3n) is 5.15. The average molecular weight is 462 g/mol. The van der Waals surface area contributed by atoms with E-state index in [2.05, 4.69) is 15.6 Å². The molecule has 0 saturated carbocycles. The number of carbonyl (C=O) groups is 2. The lowest BCUT2D eigenvalue weighted by Crippen LogP contribution is -2.59. The van der Waals surface area contributed by atoms with Gasteiger partial charge in [-0.1, -0.05) is 75.2 Å². The minimum atomic E-state index is -1.09. The lowest BCUT2D eigenvalue weighted by atomic mass is 9.85. The number of nitrogens with zero attached hydrogens (tertiary/aromatic N) is 1. The Hall–Kier alpha value is -2.37. The summed E-state index contributed by atoms with van der Waals surface area (Å²) in [6, 6.07) is 10.0. The normalized spacial score (nSPS) is 14.7. The highest BCUT2D eigenvalue weighted by atomic mass is 35.5. The van der Waals surface area contributed by atoms with Gasteiger partial charge >= 0.3 is 0 Å². The second-order valence-electron chi connectivity index (χ2n) is 8.70. The third-order valence-corrected chi connectivity index (χ3v) is 5.71. The lowest BCUT2D eigenvalue weighted by Gasteiger charge is -2.34. The highest BCUT2D eigenvalue weighted by Crippen LogP contribution is 2.26. The van der Waals surface area contributed by atoms with E-state index in [1.807, 2.05) is 45.9 Å². The molecule has 31 heavy (non-hydrogen) atoms. The molecule has 0 aliphatic heterocycles. The van der Waals surface area contributed by atoms with Crippen LogP contribution in [0.4, 0.5) is 0 Å². The van der Waals surface area contributed by atoms with E-state index in [9.17, 15) is 9.59 Å². The van der Waals surface area contributed by atoms with Gasteiger partial charge < -0.3 is 10.6 Å². The molecular formula is C24H29Cl2N3O2. The highest BCUT2D eigenvalue weighted by Gasteiger charge is 2.36. The number of rotatable bonds is 7. The molecule has 2 amide bonds. The topological polar surface area (TPSA) is 71.1 Å². The van der Waals surface area contributed by atoms with Crippen LogP contribution in [-0.2, 0) is 4.79 Å².